The van der Waals surface area contributed by atoms with Crippen molar-refractivity contribution >= 4 is 27.4 Å². The summed E-state index contributed by atoms with van der Waals surface area (Å²) in [5.41, 5.74) is 7.65. The van der Waals surface area contributed by atoms with E-state index in [2.05, 4.69) is 9.97 Å². The molecular formula is C11H8FN3S. The second-order valence-corrected chi connectivity index (χ2v) is 4.37. The van der Waals surface area contributed by atoms with Crippen molar-refractivity contribution in [2.75, 3.05) is 5.73 Å². The van der Waals surface area contributed by atoms with E-state index in [4.69, 9.17) is 5.73 Å². The molecule has 0 saturated carbocycles. The van der Waals surface area contributed by atoms with Crippen LogP contribution in [0.4, 0.5) is 9.39 Å². The molecule has 3 N–H and O–H groups in total. The molecule has 0 amide bonds. The van der Waals surface area contributed by atoms with E-state index in [1.165, 1.54) is 17.4 Å². The van der Waals surface area contributed by atoms with Crippen LogP contribution in [0.1, 0.15) is 0 Å². The standard InChI is InChI=1S/C11H8FN3S/c12-7-2-1-3-8-9(7)15-11(14-8)6-4-5-16-10(6)13/h1-5H,13H2,(H,14,15). The Morgan fingerprint density at radius 3 is 2.88 bits per heavy atom. The summed E-state index contributed by atoms with van der Waals surface area (Å²) in [6, 6.07) is 6.70. The van der Waals surface area contributed by atoms with Gasteiger partial charge in [-0.2, -0.15) is 0 Å². The normalized spacial score (nSPS) is 11.1. The highest BCUT2D eigenvalue weighted by Crippen LogP contribution is 2.30. The van der Waals surface area contributed by atoms with E-state index in [0.717, 1.165) is 5.56 Å². The quantitative estimate of drug-likeness (QED) is 0.678. The summed E-state index contributed by atoms with van der Waals surface area (Å²) in [6.45, 7) is 0. The smallest absolute Gasteiger partial charge is 0.151 e. The van der Waals surface area contributed by atoms with Crippen LogP contribution in [-0.4, -0.2) is 9.97 Å². The number of nitrogens with two attached hydrogens (primary N) is 1. The molecule has 2 heterocycles. The Kier molecular flexibility index (Phi) is 1.94. The Labute approximate surface area is 94.7 Å². The number of fused-ring (bicyclic) bond motifs is 1. The first-order valence-electron chi connectivity index (χ1n) is 4.73. The first-order valence-corrected chi connectivity index (χ1v) is 5.61. The van der Waals surface area contributed by atoms with E-state index >= 15 is 0 Å². The molecule has 0 radical (unpaired) electrons. The summed E-state index contributed by atoms with van der Waals surface area (Å²) < 4.78 is 13.4. The number of anilines is 1. The van der Waals surface area contributed by atoms with E-state index in [0.29, 0.717) is 21.9 Å². The fourth-order valence-corrected chi connectivity index (χ4v) is 2.28. The van der Waals surface area contributed by atoms with Gasteiger partial charge in [0, 0.05) is 0 Å². The third-order valence-electron chi connectivity index (χ3n) is 2.41. The summed E-state index contributed by atoms with van der Waals surface area (Å²) in [7, 11) is 0. The zero-order chi connectivity index (χ0) is 11.1. The van der Waals surface area contributed by atoms with E-state index in [1.807, 2.05) is 11.4 Å². The number of nitrogens with zero attached hydrogens (tertiary/aromatic N) is 1. The molecule has 80 valence electrons. The Hall–Kier alpha value is -1.88. The van der Waals surface area contributed by atoms with Crippen molar-refractivity contribution in [2.45, 2.75) is 0 Å². The number of aromatic amines is 1. The minimum atomic E-state index is -0.325. The number of rotatable bonds is 1. The maximum absolute atomic E-state index is 13.4. The molecule has 16 heavy (non-hydrogen) atoms. The van der Waals surface area contributed by atoms with Gasteiger partial charge >= 0.3 is 0 Å². The molecule has 0 aliphatic carbocycles. The summed E-state index contributed by atoms with van der Waals surface area (Å²) in [4.78, 5) is 7.27. The molecule has 0 aliphatic rings. The van der Waals surface area contributed by atoms with Gasteiger partial charge in [0.1, 0.15) is 11.3 Å². The highest BCUT2D eigenvalue weighted by atomic mass is 32.1. The maximum Gasteiger partial charge on any atom is 0.151 e. The number of thiophene rings is 1. The van der Waals surface area contributed by atoms with Gasteiger partial charge in [-0.05, 0) is 23.6 Å². The highest BCUT2D eigenvalue weighted by molar-refractivity contribution is 7.14. The van der Waals surface area contributed by atoms with Gasteiger partial charge in [0.15, 0.2) is 5.82 Å². The van der Waals surface area contributed by atoms with E-state index in [-0.39, 0.29) is 5.82 Å². The number of nitrogens with one attached hydrogen (secondary N) is 1. The topological polar surface area (TPSA) is 54.7 Å². The molecule has 0 aliphatic heterocycles. The predicted molar refractivity (Wildman–Crippen MR) is 63.8 cm³/mol. The fourth-order valence-electron chi connectivity index (χ4n) is 1.64. The number of benzene rings is 1. The van der Waals surface area contributed by atoms with Crippen LogP contribution in [0.15, 0.2) is 29.6 Å². The second-order valence-electron chi connectivity index (χ2n) is 3.42. The van der Waals surface area contributed by atoms with Gasteiger partial charge in [0.25, 0.3) is 0 Å². The number of para-hydroxylation sites is 1. The summed E-state index contributed by atoms with van der Waals surface area (Å²) in [5, 5.41) is 2.56. The Morgan fingerprint density at radius 2 is 2.19 bits per heavy atom. The van der Waals surface area contributed by atoms with E-state index in [9.17, 15) is 4.39 Å². The van der Waals surface area contributed by atoms with Crippen LogP contribution >= 0.6 is 11.3 Å². The number of aromatic nitrogens is 2. The van der Waals surface area contributed by atoms with Crippen molar-refractivity contribution < 1.29 is 4.39 Å². The van der Waals surface area contributed by atoms with E-state index in [1.54, 1.807) is 12.1 Å². The minimum Gasteiger partial charge on any atom is -0.390 e. The summed E-state index contributed by atoms with van der Waals surface area (Å²) in [6.07, 6.45) is 0. The lowest BCUT2D eigenvalue weighted by Gasteiger charge is -1.92. The summed E-state index contributed by atoms with van der Waals surface area (Å²) in [5.74, 6) is 0.285. The lowest BCUT2D eigenvalue weighted by atomic mass is 10.3. The number of halogens is 1. The zero-order valence-electron chi connectivity index (χ0n) is 8.20. The molecule has 3 nitrogen and oxygen atoms in total. The van der Waals surface area contributed by atoms with Crippen molar-refractivity contribution in [1.82, 2.24) is 9.97 Å². The van der Waals surface area contributed by atoms with Crippen LogP contribution < -0.4 is 5.73 Å². The SMILES string of the molecule is Nc1sccc1-c1nc2c(F)cccc2[nH]1. The maximum atomic E-state index is 13.4. The predicted octanol–water partition coefficient (Wildman–Crippen LogP) is 3.01. The second kappa shape index (κ2) is 3.31. The van der Waals surface area contributed by atoms with Gasteiger partial charge in [-0.15, -0.1) is 11.3 Å². The average molecular weight is 233 g/mol. The van der Waals surface area contributed by atoms with Crippen molar-refractivity contribution in [3.05, 3.63) is 35.5 Å². The van der Waals surface area contributed by atoms with Crippen LogP contribution in [-0.2, 0) is 0 Å². The Bertz CT molecular complexity index is 656. The fraction of sp³-hybridized carbons (Fsp3) is 0. The largest absolute Gasteiger partial charge is 0.390 e. The molecule has 5 heteroatoms. The number of nitrogen functional groups attached to an aromatic ring is 1. The number of hydrogen-bond donors (Lipinski definition) is 2. The first-order chi connectivity index (χ1) is 7.75. The van der Waals surface area contributed by atoms with Crippen molar-refractivity contribution in [3.8, 4) is 11.4 Å². The molecule has 3 aromatic rings. The third-order valence-corrected chi connectivity index (χ3v) is 3.16. The first kappa shape index (κ1) is 9.35. The molecule has 2 aromatic heterocycles. The van der Waals surface area contributed by atoms with Gasteiger partial charge in [-0.1, -0.05) is 6.07 Å². The van der Waals surface area contributed by atoms with Crippen LogP contribution in [0, 0.1) is 5.82 Å². The van der Waals surface area contributed by atoms with Gasteiger partial charge in [0.2, 0.25) is 0 Å². The number of hydrogen-bond acceptors (Lipinski definition) is 3. The Balaban J connectivity index is 2.27. The molecular weight excluding hydrogens is 225 g/mol. The highest BCUT2D eigenvalue weighted by Gasteiger charge is 2.11. The Morgan fingerprint density at radius 1 is 1.31 bits per heavy atom. The van der Waals surface area contributed by atoms with Gasteiger partial charge < -0.3 is 10.7 Å². The minimum absolute atomic E-state index is 0.325. The lowest BCUT2D eigenvalue weighted by molar-refractivity contribution is 0.637. The molecule has 0 fully saturated rings. The van der Waals surface area contributed by atoms with Gasteiger partial charge in [-0.3, -0.25) is 0 Å². The monoisotopic (exact) mass is 233 g/mol. The van der Waals surface area contributed by atoms with Crippen molar-refractivity contribution in [1.29, 1.82) is 0 Å². The van der Waals surface area contributed by atoms with Crippen LogP contribution in [0.25, 0.3) is 22.4 Å². The third kappa shape index (κ3) is 1.29. The zero-order valence-corrected chi connectivity index (χ0v) is 9.01. The number of H-pyrrole nitrogens is 1. The van der Waals surface area contributed by atoms with Gasteiger partial charge in [-0.25, -0.2) is 9.37 Å². The number of imidazole rings is 1. The van der Waals surface area contributed by atoms with Crippen LogP contribution in [0.3, 0.4) is 0 Å². The lowest BCUT2D eigenvalue weighted by Crippen LogP contribution is -1.84. The molecule has 0 atom stereocenters. The molecule has 0 unspecified atom stereocenters. The van der Waals surface area contributed by atoms with Gasteiger partial charge in [0.05, 0.1) is 16.1 Å². The molecule has 0 saturated heterocycles. The molecule has 3 rings (SSSR count). The van der Waals surface area contributed by atoms with Crippen LogP contribution in [0.2, 0.25) is 0 Å². The van der Waals surface area contributed by atoms with Crippen LogP contribution in [0.5, 0.6) is 0 Å². The van der Waals surface area contributed by atoms with Crippen molar-refractivity contribution in [2.24, 2.45) is 0 Å². The van der Waals surface area contributed by atoms with E-state index < -0.39 is 0 Å². The average Bonchev–Trinajstić information content (AvgIpc) is 2.84. The molecule has 1 aromatic carbocycles. The molecule has 0 spiro atoms. The molecule has 0 bridgehead atoms. The van der Waals surface area contributed by atoms with Crippen molar-refractivity contribution in [3.63, 3.8) is 0 Å². The summed E-state index contributed by atoms with van der Waals surface area (Å²) >= 11 is 1.44.